The summed E-state index contributed by atoms with van der Waals surface area (Å²) >= 11 is 0. The average molecular weight is 331 g/mol. The van der Waals surface area contributed by atoms with Crippen LogP contribution in [0.1, 0.15) is 51.3 Å². The second-order valence-corrected chi connectivity index (χ2v) is 6.24. The van der Waals surface area contributed by atoms with Crippen LogP contribution in [0.4, 0.5) is 0 Å². The van der Waals surface area contributed by atoms with Gasteiger partial charge < -0.3 is 9.84 Å². The van der Waals surface area contributed by atoms with Gasteiger partial charge in [0.25, 0.3) is 0 Å². The molecule has 1 aromatic carbocycles. The topological polar surface area (TPSA) is 103 Å². The molecule has 0 aliphatic carbocycles. The van der Waals surface area contributed by atoms with Gasteiger partial charge in [-0.2, -0.15) is 5.26 Å². The molecule has 0 aromatic heterocycles. The largest absolute Gasteiger partial charge is 0.485 e. The molecule has 7 nitrogen and oxygen atoms in total. The van der Waals surface area contributed by atoms with Crippen molar-refractivity contribution in [2.24, 2.45) is 0 Å². The molecule has 2 amide bonds. The molecular formula is C17H21N3O4. The highest BCUT2D eigenvalue weighted by Crippen LogP contribution is 2.42. The van der Waals surface area contributed by atoms with Crippen molar-refractivity contribution in [1.82, 2.24) is 10.4 Å². The number of nitriles is 1. The lowest BCUT2D eigenvalue weighted by molar-refractivity contribution is -0.156. The van der Waals surface area contributed by atoms with Gasteiger partial charge in [-0.15, -0.1) is 0 Å². The van der Waals surface area contributed by atoms with E-state index in [1.54, 1.807) is 39.0 Å². The third kappa shape index (κ3) is 3.19. The van der Waals surface area contributed by atoms with Crippen molar-refractivity contribution in [3.8, 4) is 11.8 Å². The summed E-state index contributed by atoms with van der Waals surface area (Å²) in [5.74, 6) is -0.305. The molecule has 1 aromatic rings. The third-order valence-corrected chi connectivity index (χ3v) is 3.97. The van der Waals surface area contributed by atoms with Gasteiger partial charge in [0.05, 0.1) is 11.6 Å². The fourth-order valence-corrected chi connectivity index (χ4v) is 2.74. The predicted octanol–water partition coefficient (Wildman–Crippen LogP) is 1.42. The molecule has 24 heavy (non-hydrogen) atoms. The van der Waals surface area contributed by atoms with Crippen molar-refractivity contribution in [1.29, 1.82) is 5.26 Å². The number of hydrogen-bond acceptors (Lipinski definition) is 5. The van der Waals surface area contributed by atoms with Gasteiger partial charge in [0.2, 0.25) is 11.8 Å². The molecule has 0 saturated heterocycles. The quantitative estimate of drug-likeness (QED) is 0.798. The maximum absolute atomic E-state index is 12.4. The zero-order chi connectivity index (χ0) is 18.1. The highest BCUT2D eigenvalue weighted by molar-refractivity contribution is 5.81. The van der Waals surface area contributed by atoms with Gasteiger partial charge >= 0.3 is 0 Å². The molecule has 2 rings (SSSR count). The number of ether oxygens (including phenoxy) is 1. The number of carbonyl (C=O) groups excluding carboxylic acids is 2. The predicted molar refractivity (Wildman–Crippen MR) is 85.6 cm³/mol. The number of carbonyl (C=O) groups is 2. The van der Waals surface area contributed by atoms with Crippen molar-refractivity contribution in [2.45, 2.75) is 51.9 Å². The van der Waals surface area contributed by atoms with Crippen molar-refractivity contribution in [3.63, 3.8) is 0 Å². The van der Waals surface area contributed by atoms with E-state index in [0.29, 0.717) is 16.9 Å². The smallest absolute Gasteiger partial charge is 0.241 e. The van der Waals surface area contributed by atoms with E-state index in [1.807, 2.05) is 6.07 Å². The van der Waals surface area contributed by atoms with Gasteiger partial charge in [-0.05, 0) is 32.0 Å². The Morgan fingerprint density at radius 1 is 1.46 bits per heavy atom. The maximum atomic E-state index is 12.4. The summed E-state index contributed by atoms with van der Waals surface area (Å²) < 4.78 is 5.82. The number of hydrogen-bond donors (Lipinski definition) is 2. The minimum absolute atomic E-state index is 0.151. The van der Waals surface area contributed by atoms with E-state index in [4.69, 9.17) is 10.00 Å². The van der Waals surface area contributed by atoms with E-state index >= 15 is 0 Å². The SMILES string of the molecule is CCC(=O)N(NC(C)=O)[C@H]1c2cc(C#N)ccc2OC(C)(C)[C@@H]1O. The number of aliphatic hydroxyl groups is 1. The molecule has 1 heterocycles. The number of nitrogens with zero attached hydrogens (tertiary/aromatic N) is 2. The Morgan fingerprint density at radius 3 is 2.67 bits per heavy atom. The molecule has 128 valence electrons. The summed E-state index contributed by atoms with van der Waals surface area (Å²) in [6.07, 6.45) is -0.945. The summed E-state index contributed by atoms with van der Waals surface area (Å²) in [5, 5.41) is 21.0. The molecule has 0 unspecified atom stereocenters. The number of fused-ring (bicyclic) bond motifs is 1. The van der Waals surface area contributed by atoms with Gasteiger partial charge in [-0.3, -0.25) is 15.0 Å². The van der Waals surface area contributed by atoms with E-state index in [9.17, 15) is 14.7 Å². The lowest BCUT2D eigenvalue weighted by Crippen LogP contribution is -2.58. The minimum Gasteiger partial charge on any atom is -0.485 e. The molecule has 1 aliphatic rings. The van der Waals surface area contributed by atoms with Crippen molar-refractivity contribution in [2.75, 3.05) is 0 Å². The summed E-state index contributed by atoms with van der Waals surface area (Å²) in [6, 6.07) is 5.98. The lowest BCUT2D eigenvalue weighted by Gasteiger charge is -2.45. The van der Waals surface area contributed by atoms with Crippen LogP contribution in [0.15, 0.2) is 18.2 Å². The second kappa shape index (κ2) is 6.49. The summed E-state index contributed by atoms with van der Waals surface area (Å²) in [4.78, 5) is 23.9. The first-order valence-corrected chi connectivity index (χ1v) is 7.71. The van der Waals surface area contributed by atoms with Crippen LogP contribution in [0.25, 0.3) is 0 Å². The Bertz CT molecular complexity index is 708. The van der Waals surface area contributed by atoms with Crippen LogP contribution in [0.5, 0.6) is 5.75 Å². The molecule has 0 fully saturated rings. The van der Waals surface area contributed by atoms with Crippen LogP contribution >= 0.6 is 0 Å². The Balaban J connectivity index is 2.62. The molecule has 0 saturated carbocycles. The Morgan fingerprint density at radius 2 is 2.12 bits per heavy atom. The zero-order valence-corrected chi connectivity index (χ0v) is 14.2. The minimum atomic E-state index is -1.10. The van der Waals surface area contributed by atoms with Crippen LogP contribution in [0.2, 0.25) is 0 Å². The normalized spacial score (nSPS) is 21.0. The highest BCUT2D eigenvalue weighted by atomic mass is 16.5. The van der Waals surface area contributed by atoms with Gasteiger partial charge in [0.15, 0.2) is 0 Å². The number of nitrogens with one attached hydrogen (secondary N) is 1. The second-order valence-electron chi connectivity index (χ2n) is 6.24. The van der Waals surface area contributed by atoms with Gasteiger partial charge in [-0.1, -0.05) is 6.92 Å². The van der Waals surface area contributed by atoms with Crippen molar-refractivity contribution in [3.05, 3.63) is 29.3 Å². The molecule has 7 heteroatoms. The maximum Gasteiger partial charge on any atom is 0.241 e. The highest BCUT2D eigenvalue weighted by Gasteiger charge is 2.47. The lowest BCUT2D eigenvalue weighted by atomic mass is 9.85. The van der Waals surface area contributed by atoms with E-state index in [0.717, 1.165) is 5.01 Å². The summed E-state index contributed by atoms with van der Waals surface area (Å²) in [7, 11) is 0. The van der Waals surface area contributed by atoms with Crippen molar-refractivity contribution >= 4 is 11.8 Å². The van der Waals surface area contributed by atoms with Crippen LogP contribution in [0, 0.1) is 11.3 Å². The van der Waals surface area contributed by atoms with Crippen LogP contribution in [-0.4, -0.2) is 33.6 Å². The standard InChI is InChI=1S/C17H21N3O4/c1-5-14(22)20(19-10(2)21)15-12-8-11(9-18)6-7-13(12)24-17(3,4)16(15)23/h6-8,15-16,23H,5H2,1-4H3,(H,19,21)/t15-,16+/m0/s1. The molecule has 0 spiro atoms. The first-order valence-electron chi connectivity index (χ1n) is 7.71. The number of hydrazine groups is 1. The summed E-state index contributed by atoms with van der Waals surface area (Å²) in [5.41, 5.74) is 2.38. The fraction of sp³-hybridized carbons (Fsp3) is 0.471. The van der Waals surface area contributed by atoms with E-state index in [1.165, 1.54) is 6.92 Å². The summed E-state index contributed by atoms with van der Waals surface area (Å²) in [6.45, 7) is 6.36. The Hall–Kier alpha value is -2.59. The molecule has 1 aliphatic heterocycles. The van der Waals surface area contributed by atoms with Crippen LogP contribution in [0.3, 0.4) is 0 Å². The monoisotopic (exact) mass is 331 g/mol. The van der Waals surface area contributed by atoms with E-state index in [-0.39, 0.29) is 12.3 Å². The number of aliphatic hydroxyl groups excluding tert-OH is 1. The first-order chi connectivity index (χ1) is 11.2. The molecule has 2 atom stereocenters. The number of amides is 2. The van der Waals surface area contributed by atoms with E-state index in [2.05, 4.69) is 5.43 Å². The number of benzene rings is 1. The van der Waals surface area contributed by atoms with Crippen molar-refractivity contribution < 1.29 is 19.4 Å². The van der Waals surface area contributed by atoms with Crippen LogP contribution in [-0.2, 0) is 9.59 Å². The van der Waals surface area contributed by atoms with E-state index < -0.39 is 23.7 Å². The van der Waals surface area contributed by atoms with Crippen LogP contribution < -0.4 is 10.2 Å². The number of rotatable bonds is 2. The molecule has 0 bridgehead atoms. The average Bonchev–Trinajstić information content (AvgIpc) is 2.53. The first kappa shape index (κ1) is 17.8. The Labute approximate surface area is 140 Å². The molecule has 2 N–H and O–H groups in total. The molecule has 0 radical (unpaired) electrons. The third-order valence-electron chi connectivity index (χ3n) is 3.97. The zero-order valence-electron chi connectivity index (χ0n) is 14.2. The molecular weight excluding hydrogens is 310 g/mol. The van der Waals surface area contributed by atoms with Gasteiger partial charge in [0.1, 0.15) is 23.5 Å². The van der Waals surface area contributed by atoms with Gasteiger partial charge in [0, 0.05) is 18.9 Å². The Kier molecular flexibility index (Phi) is 4.81. The van der Waals surface area contributed by atoms with Gasteiger partial charge in [-0.25, -0.2) is 5.01 Å². The fourth-order valence-electron chi connectivity index (χ4n) is 2.74.